The van der Waals surface area contributed by atoms with Crippen molar-refractivity contribution in [2.24, 2.45) is 4.99 Å². The maximum absolute atomic E-state index is 14.4. The summed E-state index contributed by atoms with van der Waals surface area (Å²) in [6, 6.07) is 23.8. The third kappa shape index (κ3) is 4.04. The van der Waals surface area contributed by atoms with Gasteiger partial charge < -0.3 is 14.3 Å². The highest BCUT2D eigenvalue weighted by Crippen LogP contribution is 2.41. The number of nitrogens with zero attached hydrogens (tertiary/aromatic N) is 2. The van der Waals surface area contributed by atoms with Crippen molar-refractivity contribution in [3.8, 4) is 11.3 Å². The Labute approximate surface area is 231 Å². The molecular formula is C32H20FN2O4S-. The summed E-state index contributed by atoms with van der Waals surface area (Å²) in [5.74, 6) is -0.726. The lowest BCUT2D eigenvalue weighted by Crippen LogP contribution is -2.38. The minimum Gasteiger partial charge on any atom is -0.545 e. The van der Waals surface area contributed by atoms with Gasteiger partial charge in [-0.15, -0.1) is 0 Å². The molecule has 40 heavy (non-hydrogen) atoms. The van der Waals surface area contributed by atoms with Crippen LogP contribution in [-0.2, 0) is 6.42 Å². The zero-order valence-electron chi connectivity index (χ0n) is 21.0. The molecule has 1 aliphatic carbocycles. The molecule has 1 atom stereocenters. The summed E-state index contributed by atoms with van der Waals surface area (Å²) in [5, 5.41) is 11.3. The van der Waals surface area contributed by atoms with Crippen LogP contribution in [0.5, 0.6) is 0 Å². The van der Waals surface area contributed by atoms with Gasteiger partial charge in [0, 0.05) is 17.2 Å². The Balaban J connectivity index is 1.38. The van der Waals surface area contributed by atoms with Gasteiger partial charge in [-0.05, 0) is 65.4 Å². The largest absolute Gasteiger partial charge is 0.545 e. The van der Waals surface area contributed by atoms with Crippen LogP contribution in [0, 0.1) is 5.82 Å². The van der Waals surface area contributed by atoms with E-state index < -0.39 is 12.0 Å². The number of halogens is 1. The van der Waals surface area contributed by atoms with Crippen LogP contribution in [0.4, 0.5) is 4.39 Å². The second-order valence-corrected chi connectivity index (χ2v) is 10.7. The van der Waals surface area contributed by atoms with Gasteiger partial charge in [-0.3, -0.25) is 9.36 Å². The molecule has 2 aromatic heterocycles. The molecule has 0 saturated heterocycles. The van der Waals surface area contributed by atoms with Gasteiger partial charge in [0.25, 0.3) is 5.56 Å². The van der Waals surface area contributed by atoms with Crippen molar-refractivity contribution in [2.45, 2.75) is 18.9 Å². The molecule has 7 rings (SSSR count). The normalized spacial score (nSPS) is 16.2. The number of hydrogen-bond acceptors (Lipinski definition) is 6. The molecule has 0 bridgehead atoms. The van der Waals surface area contributed by atoms with Crippen molar-refractivity contribution < 1.29 is 18.7 Å². The van der Waals surface area contributed by atoms with Gasteiger partial charge in [-0.25, -0.2) is 9.38 Å². The average Bonchev–Trinajstić information content (AvgIpc) is 3.56. The molecule has 3 heterocycles. The van der Waals surface area contributed by atoms with E-state index in [0.717, 1.165) is 23.3 Å². The Morgan fingerprint density at radius 1 is 1.02 bits per heavy atom. The summed E-state index contributed by atoms with van der Waals surface area (Å²) in [5.41, 5.74) is 5.17. The Morgan fingerprint density at radius 3 is 2.73 bits per heavy atom. The van der Waals surface area contributed by atoms with E-state index in [1.807, 2.05) is 24.3 Å². The zero-order chi connectivity index (χ0) is 27.4. The van der Waals surface area contributed by atoms with Gasteiger partial charge in [0.15, 0.2) is 4.80 Å². The van der Waals surface area contributed by atoms with E-state index in [2.05, 4.69) is 6.07 Å². The monoisotopic (exact) mass is 547 g/mol. The van der Waals surface area contributed by atoms with Crippen LogP contribution in [0.15, 0.2) is 105 Å². The first-order chi connectivity index (χ1) is 19.5. The van der Waals surface area contributed by atoms with Crippen LogP contribution in [0.1, 0.15) is 45.3 Å². The maximum Gasteiger partial charge on any atom is 0.271 e. The van der Waals surface area contributed by atoms with Gasteiger partial charge in [0.05, 0.1) is 22.2 Å². The molecule has 8 heteroatoms. The lowest BCUT2D eigenvalue weighted by Gasteiger charge is -2.30. The number of allylic oxidation sites excluding steroid dienone is 1. The van der Waals surface area contributed by atoms with E-state index in [9.17, 15) is 19.1 Å². The number of carbonyl (C=O) groups is 1. The zero-order valence-corrected chi connectivity index (χ0v) is 21.8. The van der Waals surface area contributed by atoms with Crippen LogP contribution in [-0.4, -0.2) is 10.5 Å². The second-order valence-electron chi connectivity index (χ2n) is 9.74. The minimum absolute atomic E-state index is 0.0478. The van der Waals surface area contributed by atoms with Crippen LogP contribution in [0.3, 0.4) is 0 Å². The molecule has 0 fully saturated rings. The Hall–Kier alpha value is -4.82. The fraction of sp³-hybridized carbons (Fsp3) is 0.0938. The van der Waals surface area contributed by atoms with Gasteiger partial charge in [-0.1, -0.05) is 65.9 Å². The lowest BCUT2D eigenvalue weighted by atomic mass is 9.83. The first kappa shape index (κ1) is 24.2. The summed E-state index contributed by atoms with van der Waals surface area (Å²) < 4.78 is 22.4. The summed E-state index contributed by atoms with van der Waals surface area (Å²) in [6.07, 6.45) is 3.19. The number of carboxylic acid groups (broad SMARTS) is 1. The number of aromatic nitrogens is 1. The minimum atomic E-state index is -1.27. The molecule has 0 amide bonds. The molecule has 2 aliphatic rings. The summed E-state index contributed by atoms with van der Waals surface area (Å²) in [4.78, 5) is 30.6. The van der Waals surface area contributed by atoms with Crippen LogP contribution < -0.4 is 20.0 Å². The highest BCUT2D eigenvalue weighted by Gasteiger charge is 2.32. The number of furan rings is 1. The van der Waals surface area contributed by atoms with Crippen LogP contribution in [0.25, 0.3) is 23.1 Å². The summed E-state index contributed by atoms with van der Waals surface area (Å²) >= 11 is 1.26. The number of benzene rings is 3. The van der Waals surface area contributed by atoms with Crippen molar-refractivity contribution in [3.63, 3.8) is 0 Å². The fourth-order valence-corrected chi connectivity index (χ4v) is 6.49. The van der Waals surface area contributed by atoms with Crippen molar-refractivity contribution in [2.75, 3.05) is 0 Å². The fourth-order valence-electron chi connectivity index (χ4n) is 5.51. The van der Waals surface area contributed by atoms with Crippen LogP contribution >= 0.6 is 11.3 Å². The molecule has 0 N–H and O–H groups in total. The van der Waals surface area contributed by atoms with Gasteiger partial charge >= 0.3 is 0 Å². The van der Waals surface area contributed by atoms with Gasteiger partial charge in [-0.2, -0.15) is 0 Å². The third-order valence-corrected chi connectivity index (χ3v) is 8.30. The highest BCUT2D eigenvalue weighted by molar-refractivity contribution is 7.07. The van der Waals surface area contributed by atoms with E-state index in [1.165, 1.54) is 41.2 Å². The maximum atomic E-state index is 14.4. The number of hydrogen-bond donors (Lipinski definition) is 0. The van der Waals surface area contributed by atoms with Crippen molar-refractivity contribution in [3.05, 3.63) is 144 Å². The quantitative estimate of drug-likeness (QED) is 0.339. The molecule has 0 radical (unpaired) electrons. The van der Waals surface area contributed by atoms with Crippen LogP contribution in [0.2, 0.25) is 0 Å². The topological polar surface area (TPSA) is 87.6 Å². The number of thiazole rings is 1. The first-order valence-electron chi connectivity index (χ1n) is 12.8. The smallest absolute Gasteiger partial charge is 0.271 e. The molecule has 0 saturated carbocycles. The van der Waals surface area contributed by atoms with E-state index in [1.54, 1.807) is 41.0 Å². The van der Waals surface area contributed by atoms with Gasteiger partial charge in [0.2, 0.25) is 0 Å². The summed E-state index contributed by atoms with van der Waals surface area (Å²) in [6.45, 7) is 0. The predicted octanol–water partition coefficient (Wildman–Crippen LogP) is 4.08. The predicted molar refractivity (Wildman–Crippen MR) is 148 cm³/mol. The molecule has 196 valence electrons. The Morgan fingerprint density at radius 2 is 1.88 bits per heavy atom. The number of fused-ring (bicyclic) bond motifs is 3. The van der Waals surface area contributed by atoms with Crippen molar-refractivity contribution in [1.82, 2.24) is 4.57 Å². The average molecular weight is 548 g/mol. The molecule has 0 spiro atoms. The SMILES string of the molecule is O=C([O-])c1cccc(-c2ccc(/C=c3/sc4n(c3=O)[C@@H](c3cccc(F)c3)C3=C(N=4)c4ccccc4CC3)o2)c1. The molecule has 6 nitrogen and oxygen atoms in total. The third-order valence-electron chi connectivity index (χ3n) is 7.32. The summed E-state index contributed by atoms with van der Waals surface area (Å²) in [7, 11) is 0. The lowest BCUT2D eigenvalue weighted by molar-refractivity contribution is -0.255. The Kier molecular flexibility index (Phi) is 5.71. The molecular weight excluding hydrogens is 527 g/mol. The molecule has 1 aliphatic heterocycles. The van der Waals surface area contributed by atoms with E-state index in [-0.39, 0.29) is 16.9 Å². The number of aryl methyl sites for hydroxylation is 1. The van der Waals surface area contributed by atoms with E-state index >= 15 is 0 Å². The highest BCUT2D eigenvalue weighted by atomic mass is 32.1. The van der Waals surface area contributed by atoms with Gasteiger partial charge in [0.1, 0.15) is 17.3 Å². The van der Waals surface area contributed by atoms with E-state index in [4.69, 9.17) is 9.41 Å². The Bertz CT molecular complexity index is 2050. The van der Waals surface area contributed by atoms with Crippen molar-refractivity contribution >= 4 is 29.1 Å². The molecule has 3 aromatic carbocycles. The second kappa shape index (κ2) is 9.43. The molecule has 5 aromatic rings. The number of carboxylic acids is 1. The van der Waals surface area contributed by atoms with E-state index in [0.29, 0.717) is 38.4 Å². The molecule has 0 unspecified atom stereocenters. The standard InChI is InChI=1S/C32H21FN2O4S/c33-22-9-4-7-20(16-22)29-25-13-11-18-5-1-2-10-24(18)28(25)34-32-35(29)30(36)27(40-32)17-23-12-14-26(39-23)19-6-3-8-21(15-19)31(37)38/h1-10,12,14-17,29H,11,13H2,(H,37,38)/p-1/b27-17+/t29-/m0/s1. The number of aromatic carboxylic acids is 1. The van der Waals surface area contributed by atoms with Crippen molar-refractivity contribution in [1.29, 1.82) is 0 Å². The first-order valence-corrected chi connectivity index (χ1v) is 13.6. The number of rotatable bonds is 4. The number of carbonyl (C=O) groups excluding carboxylic acids is 1.